The number of aliphatic hydroxyl groups is 1. The monoisotopic (exact) mass is 206 g/mol. The van der Waals surface area contributed by atoms with E-state index in [1.807, 2.05) is 30.4 Å². The van der Waals surface area contributed by atoms with Crippen LogP contribution in [0.4, 0.5) is 0 Å². The maximum absolute atomic E-state index is 9.97. The molecule has 2 rings (SSSR count). The summed E-state index contributed by atoms with van der Waals surface area (Å²) in [6, 6.07) is 5.61. The van der Waals surface area contributed by atoms with Crippen molar-refractivity contribution in [3.8, 4) is 5.75 Å². The molecule has 1 aromatic carbocycles. The molecule has 0 saturated carbocycles. The minimum Gasteiger partial charge on any atom is -0.497 e. The number of rotatable bonds is 2. The van der Waals surface area contributed by atoms with Crippen molar-refractivity contribution in [3.63, 3.8) is 0 Å². The van der Waals surface area contributed by atoms with E-state index in [1.54, 1.807) is 14.2 Å². The van der Waals surface area contributed by atoms with Crippen LogP contribution in [0.15, 0.2) is 24.3 Å². The lowest BCUT2D eigenvalue weighted by Gasteiger charge is -2.24. The molecule has 1 N–H and O–H groups in total. The summed E-state index contributed by atoms with van der Waals surface area (Å²) in [6.45, 7) is 0. The van der Waals surface area contributed by atoms with Gasteiger partial charge in [-0.25, -0.2) is 0 Å². The Morgan fingerprint density at radius 3 is 2.73 bits per heavy atom. The third-order valence-corrected chi connectivity index (χ3v) is 2.66. The van der Waals surface area contributed by atoms with E-state index in [1.165, 1.54) is 0 Å². The lowest BCUT2D eigenvalue weighted by molar-refractivity contribution is 0.0150. The molecule has 1 aliphatic rings. The summed E-state index contributed by atoms with van der Waals surface area (Å²) in [5.41, 5.74) is 1.86. The molecule has 0 aliphatic heterocycles. The summed E-state index contributed by atoms with van der Waals surface area (Å²) in [7, 11) is 3.22. The first-order valence-corrected chi connectivity index (χ1v) is 4.83. The van der Waals surface area contributed by atoms with Gasteiger partial charge in [0.15, 0.2) is 0 Å². The van der Waals surface area contributed by atoms with Gasteiger partial charge in [-0.3, -0.25) is 0 Å². The Morgan fingerprint density at radius 1 is 1.27 bits per heavy atom. The summed E-state index contributed by atoms with van der Waals surface area (Å²) in [6.07, 6.45) is 2.94. The zero-order valence-electron chi connectivity index (χ0n) is 8.81. The van der Waals surface area contributed by atoms with Gasteiger partial charge in [0.2, 0.25) is 0 Å². The van der Waals surface area contributed by atoms with Gasteiger partial charge in [0.25, 0.3) is 0 Å². The highest BCUT2D eigenvalue weighted by Crippen LogP contribution is 2.31. The molecule has 0 spiro atoms. The average molecular weight is 206 g/mol. The normalized spacial score (nSPS) is 23.7. The molecule has 0 fully saturated rings. The van der Waals surface area contributed by atoms with Crippen molar-refractivity contribution in [2.75, 3.05) is 14.2 Å². The fraction of sp³-hybridized carbons (Fsp3) is 0.333. The van der Waals surface area contributed by atoms with Gasteiger partial charge in [0.1, 0.15) is 18.0 Å². The van der Waals surface area contributed by atoms with Crippen LogP contribution in [0, 0.1) is 0 Å². The van der Waals surface area contributed by atoms with Crippen LogP contribution >= 0.6 is 0 Å². The molecule has 3 nitrogen and oxygen atoms in total. The molecule has 0 radical (unpaired) electrons. The topological polar surface area (TPSA) is 38.7 Å². The molecule has 2 atom stereocenters. The summed E-state index contributed by atoms with van der Waals surface area (Å²) >= 11 is 0. The van der Waals surface area contributed by atoms with Crippen molar-refractivity contribution in [1.29, 1.82) is 0 Å². The van der Waals surface area contributed by atoms with Crippen LogP contribution in [0.2, 0.25) is 0 Å². The van der Waals surface area contributed by atoms with E-state index < -0.39 is 6.10 Å². The zero-order valence-corrected chi connectivity index (χ0v) is 8.81. The summed E-state index contributed by atoms with van der Waals surface area (Å²) in [4.78, 5) is 0. The Kier molecular flexibility index (Phi) is 2.75. The number of ether oxygens (including phenoxy) is 2. The molecule has 15 heavy (non-hydrogen) atoms. The Hall–Kier alpha value is -1.32. The number of methoxy groups -OCH3 is 2. The number of fused-ring (bicyclic) bond motifs is 1. The standard InChI is InChI=1S/C12H14O3/c1-14-9-4-5-10-8(7-9)3-6-11(15-2)12(10)13/h3-7,11-13H,1-2H3/t11-,12-/m1/s1. The van der Waals surface area contributed by atoms with Gasteiger partial charge in [0, 0.05) is 7.11 Å². The molecule has 80 valence electrons. The van der Waals surface area contributed by atoms with Crippen molar-refractivity contribution in [2.24, 2.45) is 0 Å². The summed E-state index contributed by atoms with van der Waals surface area (Å²) < 4.78 is 10.3. The molecule has 0 amide bonds. The smallest absolute Gasteiger partial charge is 0.119 e. The van der Waals surface area contributed by atoms with Crippen molar-refractivity contribution in [1.82, 2.24) is 0 Å². The fourth-order valence-electron chi connectivity index (χ4n) is 1.78. The molecule has 0 saturated heterocycles. The zero-order chi connectivity index (χ0) is 10.8. The van der Waals surface area contributed by atoms with Crippen LogP contribution < -0.4 is 4.74 Å². The Bertz CT molecular complexity index is 384. The number of aliphatic hydroxyl groups excluding tert-OH is 1. The van der Waals surface area contributed by atoms with Gasteiger partial charge in [-0.2, -0.15) is 0 Å². The average Bonchev–Trinajstić information content (AvgIpc) is 2.29. The molecule has 3 heteroatoms. The van der Waals surface area contributed by atoms with E-state index in [0.717, 1.165) is 16.9 Å². The number of hydrogen-bond donors (Lipinski definition) is 1. The molecular formula is C12H14O3. The Labute approximate surface area is 88.9 Å². The maximum Gasteiger partial charge on any atom is 0.119 e. The van der Waals surface area contributed by atoms with Gasteiger partial charge in [-0.05, 0) is 23.3 Å². The maximum atomic E-state index is 9.97. The third-order valence-electron chi connectivity index (χ3n) is 2.66. The third kappa shape index (κ3) is 1.76. The summed E-state index contributed by atoms with van der Waals surface area (Å²) in [5, 5.41) is 9.97. The van der Waals surface area contributed by atoms with Gasteiger partial charge in [-0.15, -0.1) is 0 Å². The van der Waals surface area contributed by atoms with Crippen LogP contribution in [-0.2, 0) is 4.74 Å². The van der Waals surface area contributed by atoms with Crippen molar-refractivity contribution in [2.45, 2.75) is 12.2 Å². The van der Waals surface area contributed by atoms with Gasteiger partial charge in [0.05, 0.1) is 7.11 Å². The summed E-state index contributed by atoms with van der Waals surface area (Å²) in [5.74, 6) is 0.793. The molecule has 1 aliphatic carbocycles. The minimum absolute atomic E-state index is 0.258. The van der Waals surface area contributed by atoms with Crippen LogP contribution in [0.3, 0.4) is 0 Å². The molecule has 0 aromatic heterocycles. The van der Waals surface area contributed by atoms with Gasteiger partial charge >= 0.3 is 0 Å². The number of benzene rings is 1. The number of hydrogen-bond acceptors (Lipinski definition) is 3. The first kappa shape index (κ1) is 10.2. The minimum atomic E-state index is -0.596. The van der Waals surface area contributed by atoms with E-state index in [9.17, 15) is 5.11 Å². The predicted molar refractivity (Wildman–Crippen MR) is 57.8 cm³/mol. The van der Waals surface area contributed by atoms with E-state index >= 15 is 0 Å². The van der Waals surface area contributed by atoms with Crippen molar-refractivity contribution >= 4 is 6.08 Å². The predicted octanol–water partition coefficient (Wildman–Crippen LogP) is 1.77. The molecular weight excluding hydrogens is 192 g/mol. The van der Waals surface area contributed by atoms with Gasteiger partial charge < -0.3 is 14.6 Å². The van der Waals surface area contributed by atoms with Crippen molar-refractivity contribution in [3.05, 3.63) is 35.4 Å². The lowest BCUT2D eigenvalue weighted by atomic mass is 9.93. The van der Waals surface area contributed by atoms with E-state index in [4.69, 9.17) is 9.47 Å². The molecule has 0 bridgehead atoms. The Balaban J connectivity index is 2.40. The highest BCUT2D eigenvalue weighted by molar-refractivity contribution is 5.60. The molecule has 0 heterocycles. The Morgan fingerprint density at radius 2 is 2.07 bits per heavy atom. The first-order chi connectivity index (χ1) is 7.26. The quantitative estimate of drug-likeness (QED) is 0.801. The first-order valence-electron chi connectivity index (χ1n) is 4.83. The fourth-order valence-corrected chi connectivity index (χ4v) is 1.78. The van der Waals surface area contributed by atoms with Crippen LogP contribution in [0.1, 0.15) is 17.2 Å². The van der Waals surface area contributed by atoms with E-state index in [-0.39, 0.29) is 6.10 Å². The largest absolute Gasteiger partial charge is 0.497 e. The van der Waals surface area contributed by atoms with Crippen LogP contribution in [0.25, 0.3) is 6.08 Å². The second-order valence-electron chi connectivity index (χ2n) is 3.50. The van der Waals surface area contributed by atoms with E-state index in [2.05, 4.69) is 0 Å². The SMILES string of the molecule is COc1ccc2c(c1)C=C[C@@H](OC)[C@@H]2O. The second-order valence-corrected chi connectivity index (χ2v) is 3.50. The van der Waals surface area contributed by atoms with Crippen molar-refractivity contribution < 1.29 is 14.6 Å². The van der Waals surface area contributed by atoms with E-state index in [0.29, 0.717) is 0 Å². The second kappa shape index (κ2) is 4.04. The van der Waals surface area contributed by atoms with Crippen LogP contribution in [-0.4, -0.2) is 25.4 Å². The molecule has 0 unspecified atom stereocenters. The lowest BCUT2D eigenvalue weighted by Crippen LogP contribution is -2.21. The highest BCUT2D eigenvalue weighted by atomic mass is 16.5. The van der Waals surface area contributed by atoms with Gasteiger partial charge in [-0.1, -0.05) is 18.2 Å². The highest BCUT2D eigenvalue weighted by Gasteiger charge is 2.23. The van der Waals surface area contributed by atoms with Crippen LogP contribution in [0.5, 0.6) is 5.75 Å². The molecule has 1 aromatic rings.